The standard InChI is InChI=1S/C5H5.2C2H5.W.2H/c1-2-4-5-3-1;2*1-2;;;/h1-3H,4H2;2*1H2,2H3;;;/q;;;+2;2*-1. The Kier molecular flexibility index (Phi) is 3.42. The van der Waals surface area contributed by atoms with Gasteiger partial charge in [-0.2, -0.15) is 0 Å². The number of allylic oxidation sites excluding steroid dienone is 4. The van der Waals surface area contributed by atoms with Crippen molar-refractivity contribution in [2.24, 2.45) is 0 Å². The van der Waals surface area contributed by atoms with E-state index in [4.69, 9.17) is 0 Å². The first-order chi connectivity index (χ1) is 4.88. The van der Waals surface area contributed by atoms with Crippen LogP contribution in [0.25, 0.3) is 0 Å². The summed E-state index contributed by atoms with van der Waals surface area (Å²) in [6, 6.07) is 0. The van der Waals surface area contributed by atoms with E-state index in [0.29, 0.717) is 0 Å². The minimum absolute atomic E-state index is 0. The van der Waals surface area contributed by atoms with E-state index in [9.17, 15) is 0 Å². The molecule has 0 aromatic heterocycles. The Balaban J connectivity index is 0. The Morgan fingerprint density at radius 2 is 2.20 bits per heavy atom. The zero-order valence-corrected chi connectivity index (χ0v) is 9.70. The largest absolute Gasteiger partial charge is 1.00 e. The van der Waals surface area contributed by atoms with Gasteiger partial charge >= 0.3 is 69.4 Å². The van der Waals surface area contributed by atoms with E-state index < -0.39 is 17.3 Å². The van der Waals surface area contributed by atoms with Gasteiger partial charge in [0.05, 0.1) is 0 Å². The van der Waals surface area contributed by atoms with E-state index in [2.05, 4.69) is 32.1 Å². The molecule has 0 unspecified atom stereocenters. The van der Waals surface area contributed by atoms with E-state index in [1.807, 2.05) is 3.96 Å². The van der Waals surface area contributed by atoms with Gasteiger partial charge in [0, 0.05) is 0 Å². The predicted octanol–water partition coefficient (Wildman–Crippen LogP) is 3.55. The molecule has 10 heavy (non-hydrogen) atoms. The van der Waals surface area contributed by atoms with Crippen LogP contribution in [0.15, 0.2) is 22.2 Å². The molecule has 0 bridgehead atoms. The summed E-state index contributed by atoms with van der Waals surface area (Å²) in [4.78, 5) is 2.98. The summed E-state index contributed by atoms with van der Waals surface area (Å²) < 4.78 is 1.82. The zero-order chi connectivity index (χ0) is 7.40. The molecule has 0 nitrogen and oxygen atoms in total. The first kappa shape index (κ1) is 8.27. The second kappa shape index (κ2) is 4.13. The number of hydrogen-bond donors (Lipinski definition) is 0. The molecule has 0 spiro atoms. The fourth-order valence-corrected chi connectivity index (χ4v) is 7.51. The summed E-state index contributed by atoms with van der Waals surface area (Å²) in [5.41, 5.74) is 0. The van der Waals surface area contributed by atoms with Gasteiger partial charge in [-0.25, -0.2) is 0 Å². The van der Waals surface area contributed by atoms with Gasteiger partial charge in [0.2, 0.25) is 0 Å². The molecule has 1 aliphatic rings. The minimum atomic E-state index is -0.961. The van der Waals surface area contributed by atoms with Gasteiger partial charge in [-0.1, -0.05) is 0 Å². The summed E-state index contributed by atoms with van der Waals surface area (Å²) in [7, 11) is 0. The van der Waals surface area contributed by atoms with Crippen LogP contribution < -0.4 is 0 Å². The van der Waals surface area contributed by atoms with Crippen LogP contribution in [0.1, 0.15) is 23.1 Å². The molecule has 0 saturated heterocycles. The first-order valence-electron chi connectivity index (χ1n) is 3.91. The summed E-state index contributed by atoms with van der Waals surface area (Å²) in [6.07, 6.45) is 8.16. The normalized spacial score (nSPS) is 15.6. The van der Waals surface area contributed by atoms with Gasteiger partial charge in [-0.3, -0.25) is 0 Å². The van der Waals surface area contributed by atoms with Crippen molar-refractivity contribution in [3.05, 3.63) is 22.2 Å². The van der Waals surface area contributed by atoms with Crippen LogP contribution in [-0.2, 0) is 17.3 Å². The maximum Gasteiger partial charge on any atom is -1.00 e. The van der Waals surface area contributed by atoms with Gasteiger partial charge in [-0.15, -0.1) is 0 Å². The third kappa shape index (κ3) is 1.82. The van der Waals surface area contributed by atoms with Crippen molar-refractivity contribution in [3.8, 4) is 0 Å². The smallest absolute Gasteiger partial charge is 1.00 e. The molecule has 1 heteroatoms. The monoisotopic (exact) mass is 309 g/mol. The molecule has 0 fully saturated rings. The molecule has 1 aliphatic carbocycles. The van der Waals surface area contributed by atoms with Crippen LogP contribution in [0.2, 0.25) is 9.62 Å². The molecule has 0 N–H and O–H groups in total. The topological polar surface area (TPSA) is 0 Å². The Morgan fingerprint density at radius 3 is 2.60 bits per heavy atom. The van der Waals surface area contributed by atoms with E-state index >= 15 is 0 Å². The average Bonchev–Trinajstić information content (AvgIpc) is 2.43. The molecular formula is C9H17W. The molecule has 0 amide bonds. The van der Waals surface area contributed by atoms with Crippen molar-refractivity contribution < 1.29 is 20.2 Å². The molecule has 0 saturated carbocycles. The molecule has 1 rings (SSSR count). The summed E-state index contributed by atoms with van der Waals surface area (Å²) in [5, 5.41) is 0. The van der Waals surface area contributed by atoms with Gasteiger partial charge in [0.1, 0.15) is 0 Å². The molecule has 0 aromatic carbocycles. The van der Waals surface area contributed by atoms with Crippen molar-refractivity contribution in [2.45, 2.75) is 29.9 Å². The van der Waals surface area contributed by atoms with Gasteiger partial charge in [0.15, 0.2) is 0 Å². The molecule has 59 valence electrons. The van der Waals surface area contributed by atoms with Gasteiger partial charge in [0.25, 0.3) is 0 Å². The SMILES string of the molecule is C[CH2][W+2]([CH2]C)[C]1=CC=CC1.[H-].[H-]. The summed E-state index contributed by atoms with van der Waals surface area (Å²) in [5.74, 6) is 0. The third-order valence-electron chi connectivity index (χ3n) is 1.80. The maximum absolute atomic E-state index is 2.36. The fraction of sp³-hybridized carbons (Fsp3) is 0.556. The summed E-state index contributed by atoms with van der Waals surface area (Å²) >= 11 is -0.961. The van der Waals surface area contributed by atoms with E-state index in [-0.39, 0.29) is 2.85 Å². The van der Waals surface area contributed by atoms with Crippen LogP contribution in [0, 0.1) is 0 Å². The first-order valence-corrected chi connectivity index (χ1v) is 9.53. The third-order valence-corrected chi connectivity index (χ3v) is 10.6. The maximum atomic E-state index is 2.36. The second-order valence-corrected chi connectivity index (χ2v) is 11.9. The van der Waals surface area contributed by atoms with Crippen molar-refractivity contribution in [1.29, 1.82) is 0 Å². The molecule has 0 aromatic rings. The minimum Gasteiger partial charge on any atom is -1.00 e. The summed E-state index contributed by atoms with van der Waals surface area (Å²) in [6.45, 7) is 4.72. The Bertz CT molecular complexity index is 160. The van der Waals surface area contributed by atoms with Crippen molar-refractivity contribution in [2.75, 3.05) is 0 Å². The van der Waals surface area contributed by atoms with Crippen LogP contribution in [0.3, 0.4) is 0 Å². The average molecular weight is 309 g/mol. The van der Waals surface area contributed by atoms with Crippen LogP contribution in [0.4, 0.5) is 0 Å². The molecular weight excluding hydrogens is 292 g/mol. The van der Waals surface area contributed by atoms with Crippen molar-refractivity contribution in [1.82, 2.24) is 0 Å². The van der Waals surface area contributed by atoms with Crippen LogP contribution in [0.5, 0.6) is 0 Å². The van der Waals surface area contributed by atoms with Crippen molar-refractivity contribution >= 4 is 0 Å². The van der Waals surface area contributed by atoms with Crippen LogP contribution >= 0.6 is 0 Å². The van der Waals surface area contributed by atoms with Gasteiger partial charge in [-0.05, 0) is 0 Å². The second-order valence-electron chi connectivity index (χ2n) is 2.34. The molecule has 0 aliphatic heterocycles. The van der Waals surface area contributed by atoms with Gasteiger partial charge < -0.3 is 2.85 Å². The Morgan fingerprint density at radius 1 is 1.50 bits per heavy atom. The van der Waals surface area contributed by atoms with Crippen molar-refractivity contribution in [3.63, 3.8) is 0 Å². The van der Waals surface area contributed by atoms with E-state index in [1.54, 1.807) is 0 Å². The zero-order valence-electron chi connectivity index (χ0n) is 8.76. The molecule has 0 heterocycles. The number of rotatable bonds is 3. The van der Waals surface area contributed by atoms with E-state index in [0.717, 1.165) is 0 Å². The van der Waals surface area contributed by atoms with E-state index in [1.165, 1.54) is 16.0 Å². The quantitative estimate of drug-likeness (QED) is 0.748. The number of hydrogen-bond acceptors (Lipinski definition) is 0. The Hall–Kier alpha value is 0.168. The fourth-order valence-electron chi connectivity index (χ4n) is 1.22. The molecule has 0 atom stereocenters. The van der Waals surface area contributed by atoms with Crippen LogP contribution in [-0.4, -0.2) is 0 Å². The Labute approximate surface area is 72.5 Å². The molecule has 0 radical (unpaired) electrons. The predicted molar refractivity (Wildman–Crippen MR) is 45.0 cm³/mol.